The number of nitrogens with two attached hydrogens (primary N) is 1. The fourth-order valence-electron chi connectivity index (χ4n) is 5.35. The van der Waals surface area contributed by atoms with E-state index in [9.17, 15) is 9.59 Å². The zero-order valence-corrected chi connectivity index (χ0v) is 22.1. The Morgan fingerprint density at radius 3 is 2.78 bits per heavy atom. The zero-order valence-electron chi connectivity index (χ0n) is 20.5. The van der Waals surface area contributed by atoms with Crippen molar-refractivity contribution in [3.8, 4) is 0 Å². The summed E-state index contributed by atoms with van der Waals surface area (Å²) in [6.07, 6.45) is 8.00. The van der Waals surface area contributed by atoms with E-state index in [4.69, 9.17) is 17.3 Å². The van der Waals surface area contributed by atoms with Gasteiger partial charge in [-0.3, -0.25) is 14.5 Å². The molecule has 2 N–H and O–H groups in total. The predicted octanol–water partition coefficient (Wildman–Crippen LogP) is 5.57. The zero-order chi connectivity index (χ0) is 25.1. The topological polar surface area (TPSA) is 79.5 Å². The fourth-order valence-corrected chi connectivity index (χ4v) is 6.77. The molecule has 3 aromatic rings. The van der Waals surface area contributed by atoms with E-state index in [0.29, 0.717) is 35.5 Å². The number of hydrogen-bond donors (Lipinski definition) is 1. The van der Waals surface area contributed by atoms with Crippen LogP contribution in [0.4, 0.5) is 5.82 Å². The average molecular weight is 525 g/mol. The SMILES string of the molecule is Nc1nccc2cc(CCC(=O)c3cc(Cl)c(CN4CCC(CCN5CCCC5=O)CC4)s3)ccc12. The molecule has 2 saturated heterocycles. The maximum atomic E-state index is 12.9. The molecular weight excluding hydrogens is 492 g/mol. The number of likely N-dealkylation sites (tertiary alicyclic amines) is 2. The van der Waals surface area contributed by atoms with Crippen molar-refractivity contribution in [2.75, 3.05) is 31.9 Å². The number of aryl methyl sites for hydroxylation is 1. The van der Waals surface area contributed by atoms with Crippen LogP contribution in [0.2, 0.25) is 5.02 Å². The number of nitrogens with zero attached hydrogens (tertiary/aromatic N) is 3. The lowest BCUT2D eigenvalue weighted by atomic mass is 9.93. The Bertz CT molecular complexity index is 1250. The first-order valence-electron chi connectivity index (χ1n) is 12.9. The third kappa shape index (κ3) is 5.90. The molecule has 2 aliphatic rings. The van der Waals surface area contributed by atoms with Gasteiger partial charge < -0.3 is 10.6 Å². The molecule has 5 rings (SSSR count). The van der Waals surface area contributed by atoms with E-state index in [1.165, 1.54) is 11.3 Å². The number of ketones is 1. The number of carbonyl (C=O) groups is 2. The van der Waals surface area contributed by atoms with E-state index < -0.39 is 0 Å². The Morgan fingerprint density at radius 1 is 1.17 bits per heavy atom. The normalized spacial score (nSPS) is 17.4. The van der Waals surface area contributed by atoms with Gasteiger partial charge in [0.15, 0.2) is 5.78 Å². The quantitative estimate of drug-likeness (QED) is 0.370. The van der Waals surface area contributed by atoms with Crippen LogP contribution < -0.4 is 5.73 Å². The molecule has 0 spiro atoms. The van der Waals surface area contributed by atoms with Crippen LogP contribution in [0.3, 0.4) is 0 Å². The highest BCUT2D eigenvalue weighted by Crippen LogP contribution is 2.31. The minimum Gasteiger partial charge on any atom is -0.383 e. The lowest BCUT2D eigenvalue weighted by molar-refractivity contribution is -0.127. The summed E-state index contributed by atoms with van der Waals surface area (Å²) in [6.45, 7) is 4.73. The highest BCUT2D eigenvalue weighted by molar-refractivity contribution is 7.14. The van der Waals surface area contributed by atoms with Gasteiger partial charge in [-0.25, -0.2) is 4.98 Å². The molecule has 2 aliphatic heterocycles. The van der Waals surface area contributed by atoms with Crippen LogP contribution in [-0.2, 0) is 17.8 Å². The molecule has 0 unspecified atom stereocenters. The number of benzene rings is 1. The van der Waals surface area contributed by atoms with Crippen molar-refractivity contribution in [3.05, 3.63) is 56.9 Å². The van der Waals surface area contributed by atoms with Crippen molar-refractivity contribution in [1.29, 1.82) is 0 Å². The second kappa shape index (κ2) is 11.3. The van der Waals surface area contributed by atoms with Crippen LogP contribution in [0.15, 0.2) is 36.5 Å². The minimum absolute atomic E-state index is 0.137. The smallest absolute Gasteiger partial charge is 0.222 e. The summed E-state index contributed by atoms with van der Waals surface area (Å²) in [5.41, 5.74) is 7.06. The highest BCUT2D eigenvalue weighted by atomic mass is 35.5. The molecule has 0 radical (unpaired) electrons. The molecular formula is C28H33ClN4O2S. The summed E-state index contributed by atoms with van der Waals surface area (Å²) in [5.74, 6) is 1.68. The third-order valence-corrected chi connectivity index (χ3v) is 9.20. The maximum Gasteiger partial charge on any atom is 0.222 e. The molecule has 6 nitrogen and oxygen atoms in total. The molecule has 8 heteroatoms. The lowest BCUT2D eigenvalue weighted by Crippen LogP contribution is -2.35. The van der Waals surface area contributed by atoms with Gasteiger partial charge in [0.25, 0.3) is 0 Å². The molecule has 1 aromatic carbocycles. The van der Waals surface area contributed by atoms with Crippen LogP contribution in [-0.4, -0.2) is 52.7 Å². The Morgan fingerprint density at radius 2 is 2.00 bits per heavy atom. The van der Waals surface area contributed by atoms with Gasteiger partial charge in [-0.05, 0) is 74.2 Å². The van der Waals surface area contributed by atoms with Crippen LogP contribution in [0.1, 0.15) is 58.6 Å². The molecule has 2 fully saturated rings. The summed E-state index contributed by atoms with van der Waals surface area (Å²) >= 11 is 8.08. The van der Waals surface area contributed by atoms with E-state index in [1.54, 1.807) is 6.20 Å². The summed E-state index contributed by atoms with van der Waals surface area (Å²) in [6, 6.07) is 9.87. The van der Waals surface area contributed by atoms with Gasteiger partial charge in [-0.1, -0.05) is 29.8 Å². The number of piperidine rings is 1. The maximum absolute atomic E-state index is 12.9. The van der Waals surface area contributed by atoms with E-state index in [1.807, 2.05) is 29.2 Å². The van der Waals surface area contributed by atoms with Gasteiger partial charge in [0.2, 0.25) is 5.91 Å². The number of hydrogen-bond acceptors (Lipinski definition) is 6. The van der Waals surface area contributed by atoms with Crippen molar-refractivity contribution < 1.29 is 9.59 Å². The number of rotatable bonds is 9. The van der Waals surface area contributed by atoms with Gasteiger partial charge in [-0.15, -0.1) is 11.3 Å². The second-order valence-corrected chi connectivity index (χ2v) is 11.6. The third-order valence-electron chi connectivity index (χ3n) is 7.59. The van der Waals surface area contributed by atoms with E-state index in [0.717, 1.165) is 90.9 Å². The number of aromatic nitrogens is 1. The molecule has 4 heterocycles. The summed E-state index contributed by atoms with van der Waals surface area (Å²) in [4.78, 5) is 35.2. The number of Topliss-reactive ketones (excluding diaryl/α,β-unsaturated/α-hetero) is 1. The van der Waals surface area contributed by atoms with Crippen molar-refractivity contribution in [2.45, 2.75) is 51.5 Å². The highest BCUT2D eigenvalue weighted by Gasteiger charge is 2.24. The van der Waals surface area contributed by atoms with Crippen molar-refractivity contribution in [2.24, 2.45) is 5.92 Å². The Balaban J connectivity index is 1.10. The van der Waals surface area contributed by atoms with Gasteiger partial charge in [0.1, 0.15) is 5.82 Å². The number of thiophene rings is 1. The first-order chi connectivity index (χ1) is 17.5. The number of halogens is 1. The number of amides is 1. The van der Waals surface area contributed by atoms with Gasteiger partial charge in [0, 0.05) is 48.9 Å². The molecule has 0 bridgehead atoms. The van der Waals surface area contributed by atoms with Crippen LogP contribution in [0, 0.1) is 5.92 Å². The van der Waals surface area contributed by atoms with Crippen molar-refractivity contribution in [3.63, 3.8) is 0 Å². The van der Waals surface area contributed by atoms with Gasteiger partial charge >= 0.3 is 0 Å². The molecule has 0 aliphatic carbocycles. The number of fused-ring (bicyclic) bond motifs is 1. The number of pyridine rings is 1. The van der Waals surface area contributed by atoms with Crippen LogP contribution >= 0.6 is 22.9 Å². The van der Waals surface area contributed by atoms with Gasteiger partial charge in [-0.2, -0.15) is 0 Å². The minimum atomic E-state index is 0.137. The molecule has 36 heavy (non-hydrogen) atoms. The van der Waals surface area contributed by atoms with Crippen LogP contribution in [0.25, 0.3) is 10.8 Å². The number of anilines is 1. The summed E-state index contributed by atoms with van der Waals surface area (Å²) in [7, 11) is 0. The van der Waals surface area contributed by atoms with Gasteiger partial charge in [0.05, 0.1) is 9.90 Å². The molecule has 2 aromatic heterocycles. The standard InChI is InChI=1S/C28H33ClN4O2S/c29-23-17-25(24(34)6-4-20-3-5-22-21(16-20)7-11-31-28(22)30)36-26(23)18-32-13-8-19(9-14-32)10-15-33-12-1-2-27(33)35/h3,5,7,11,16-17,19H,1-2,4,6,8-10,12-15,18H2,(H2,30,31). The van der Waals surface area contributed by atoms with E-state index >= 15 is 0 Å². The first-order valence-corrected chi connectivity index (χ1v) is 14.1. The lowest BCUT2D eigenvalue weighted by Gasteiger charge is -2.32. The Kier molecular flexibility index (Phi) is 7.89. The summed E-state index contributed by atoms with van der Waals surface area (Å²) < 4.78 is 0. The van der Waals surface area contributed by atoms with E-state index in [2.05, 4.69) is 16.0 Å². The average Bonchev–Trinajstić information content (AvgIpc) is 3.47. The first kappa shape index (κ1) is 25.2. The molecule has 1 amide bonds. The predicted molar refractivity (Wildman–Crippen MR) is 147 cm³/mol. The monoisotopic (exact) mass is 524 g/mol. The molecule has 0 atom stereocenters. The van der Waals surface area contributed by atoms with Crippen molar-refractivity contribution in [1.82, 2.24) is 14.8 Å². The van der Waals surface area contributed by atoms with Crippen LogP contribution in [0.5, 0.6) is 0 Å². The fraction of sp³-hybridized carbons (Fsp3) is 0.464. The second-order valence-electron chi connectivity index (χ2n) is 10.0. The Hall–Kier alpha value is -2.48. The largest absolute Gasteiger partial charge is 0.383 e. The number of carbonyl (C=O) groups excluding carboxylic acids is 2. The van der Waals surface area contributed by atoms with E-state index in [-0.39, 0.29) is 5.78 Å². The molecule has 0 saturated carbocycles. The van der Waals surface area contributed by atoms with Crippen molar-refractivity contribution >= 4 is 51.2 Å². The summed E-state index contributed by atoms with van der Waals surface area (Å²) in [5, 5.41) is 2.68. The molecule has 190 valence electrons. The Labute approximate surface area is 221 Å². The number of nitrogen functional groups attached to an aromatic ring is 1.